The second kappa shape index (κ2) is 11.8. The molecule has 0 aromatic heterocycles. The fraction of sp³-hybridized carbons (Fsp3) is 0.444. The van der Waals surface area contributed by atoms with Crippen molar-refractivity contribution >= 4 is 12.0 Å². The Labute approximate surface area is 193 Å². The minimum absolute atomic E-state index is 0.110. The van der Waals surface area contributed by atoms with Crippen LogP contribution in [0.1, 0.15) is 31.9 Å². The van der Waals surface area contributed by atoms with Crippen LogP contribution in [0.25, 0.3) is 6.08 Å². The fourth-order valence-electron chi connectivity index (χ4n) is 3.96. The Hall–Kier alpha value is -2.63. The summed E-state index contributed by atoms with van der Waals surface area (Å²) in [7, 11) is 0. The van der Waals surface area contributed by atoms with Gasteiger partial charge in [-0.15, -0.1) is 0 Å². The van der Waals surface area contributed by atoms with Gasteiger partial charge >= 0.3 is 0 Å². The van der Waals surface area contributed by atoms with Crippen molar-refractivity contribution in [3.05, 3.63) is 71.8 Å². The molecule has 0 aliphatic carbocycles. The molecule has 1 amide bonds. The topological polar surface area (TPSA) is 47.2 Å². The average Bonchev–Trinajstić information content (AvgIpc) is 2.78. The van der Waals surface area contributed by atoms with Crippen molar-refractivity contribution < 1.29 is 19.3 Å². The van der Waals surface area contributed by atoms with Crippen molar-refractivity contribution in [1.29, 1.82) is 0 Å². The molecule has 3 N–H and O–H groups in total. The van der Waals surface area contributed by atoms with Gasteiger partial charge in [-0.3, -0.25) is 4.79 Å². The maximum absolute atomic E-state index is 12.3. The molecule has 0 radical (unpaired) electrons. The molecule has 1 aliphatic heterocycles. The number of benzene rings is 2. The predicted molar refractivity (Wildman–Crippen MR) is 130 cm³/mol. The quantitative estimate of drug-likeness (QED) is 0.512. The number of carbonyl (C=O) groups is 1. The molecular weight excluding hydrogens is 398 g/mol. The van der Waals surface area contributed by atoms with Crippen LogP contribution in [0.3, 0.4) is 0 Å². The lowest BCUT2D eigenvalue weighted by atomic mass is 9.87. The molecule has 32 heavy (non-hydrogen) atoms. The van der Waals surface area contributed by atoms with Crippen LogP contribution < -0.4 is 19.9 Å². The maximum Gasteiger partial charge on any atom is 0.275 e. The Morgan fingerprint density at radius 3 is 2.28 bits per heavy atom. The van der Waals surface area contributed by atoms with Crippen LogP contribution in [-0.4, -0.2) is 58.3 Å². The second-order valence-electron chi connectivity index (χ2n) is 9.67. The number of hydrogen-bond acceptors (Lipinski definition) is 2. The second-order valence-corrected chi connectivity index (χ2v) is 9.67. The summed E-state index contributed by atoms with van der Waals surface area (Å²) in [5.41, 5.74) is 2.68. The molecule has 0 spiro atoms. The van der Waals surface area contributed by atoms with Crippen LogP contribution in [0.5, 0.6) is 5.75 Å². The standard InChI is InChI=1S/C27H37N3O2/c1-27(2,3)24-11-13-25(14-12-24)32-21-15-28-26(31)22-30-19-17-29(18-20-30)16-7-10-23-8-5-4-6-9-23/h4-14H,15-22H2,1-3H3,(H,28,31)/p+2/b10-7+. The zero-order valence-corrected chi connectivity index (χ0v) is 19.8. The monoisotopic (exact) mass is 437 g/mol. The smallest absolute Gasteiger partial charge is 0.275 e. The van der Waals surface area contributed by atoms with Gasteiger partial charge in [0.15, 0.2) is 6.54 Å². The Bertz CT molecular complexity index is 849. The molecule has 1 heterocycles. The van der Waals surface area contributed by atoms with Gasteiger partial charge in [0.2, 0.25) is 0 Å². The summed E-state index contributed by atoms with van der Waals surface area (Å²) in [6.07, 6.45) is 4.46. The van der Waals surface area contributed by atoms with Crippen LogP contribution in [0.4, 0.5) is 0 Å². The molecule has 0 unspecified atom stereocenters. The van der Waals surface area contributed by atoms with Crippen molar-refractivity contribution in [2.24, 2.45) is 0 Å². The molecule has 0 saturated carbocycles. The minimum atomic E-state index is 0.110. The van der Waals surface area contributed by atoms with Gasteiger partial charge in [0.25, 0.3) is 5.91 Å². The summed E-state index contributed by atoms with van der Waals surface area (Å²) in [6, 6.07) is 18.6. The number of nitrogens with one attached hydrogen (secondary N) is 3. The first-order valence-corrected chi connectivity index (χ1v) is 11.8. The molecule has 3 rings (SSSR count). The summed E-state index contributed by atoms with van der Waals surface area (Å²) in [4.78, 5) is 15.2. The van der Waals surface area contributed by atoms with Crippen LogP contribution in [0.2, 0.25) is 0 Å². The van der Waals surface area contributed by atoms with E-state index in [1.807, 2.05) is 18.2 Å². The van der Waals surface area contributed by atoms with E-state index < -0.39 is 0 Å². The summed E-state index contributed by atoms with van der Waals surface area (Å²) in [5.74, 6) is 0.956. The van der Waals surface area contributed by atoms with E-state index in [-0.39, 0.29) is 11.3 Å². The minimum Gasteiger partial charge on any atom is -0.492 e. The van der Waals surface area contributed by atoms with Crippen molar-refractivity contribution in [1.82, 2.24) is 5.32 Å². The number of quaternary nitrogens is 2. The van der Waals surface area contributed by atoms with Crippen molar-refractivity contribution in [3.8, 4) is 5.75 Å². The Morgan fingerprint density at radius 2 is 1.62 bits per heavy atom. The molecule has 0 atom stereocenters. The van der Waals surface area contributed by atoms with Crippen LogP contribution >= 0.6 is 0 Å². The third kappa shape index (κ3) is 8.13. The molecule has 5 heteroatoms. The summed E-state index contributed by atoms with van der Waals surface area (Å²) in [5, 5.41) is 3.00. The highest BCUT2D eigenvalue weighted by atomic mass is 16.5. The van der Waals surface area contributed by atoms with Crippen LogP contribution in [-0.2, 0) is 10.2 Å². The van der Waals surface area contributed by atoms with Crippen LogP contribution in [0.15, 0.2) is 60.7 Å². The highest BCUT2D eigenvalue weighted by Gasteiger charge is 2.23. The fourth-order valence-corrected chi connectivity index (χ4v) is 3.96. The average molecular weight is 438 g/mol. The SMILES string of the molecule is CC(C)(C)c1ccc(OCCNC(=O)C[NH+]2CC[NH+](C/C=C/c3ccccc3)CC2)cc1. The number of amides is 1. The molecule has 0 bridgehead atoms. The highest BCUT2D eigenvalue weighted by Crippen LogP contribution is 2.24. The lowest BCUT2D eigenvalue weighted by Crippen LogP contribution is -3.28. The number of piperazine rings is 1. The Balaban J connectivity index is 1.27. The molecule has 1 fully saturated rings. The number of carbonyl (C=O) groups excluding carboxylic acids is 1. The first kappa shape index (κ1) is 24.0. The van der Waals surface area contributed by atoms with E-state index in [0.29, 0.717) is 19.7 Å². The van der Waals surface area contributed by atoms with Crippen molar-refractivity contribution in [2.75, 3.05) is 52.4 Å². The van der Waals surface area contributed by atoms with E-state index in [4.69, 9.17) is 4.74 Å². The molecule has 1 saturated heterocycles. The molecule has 1 aliphatic rings. The van der Waals surface area contributed by atoms with E-state index in [1.165, 1.54) is 16.0 Å². The van der Waals surface area contributed by atoms with E-state index in [1.54, 1.807) is 4.90 Å². The maximum atomic E-state index is 12.3. The lowest BCUT2D eigenvalue weighted by molar-refractivity contribution is -1.01. The number of rotatable bonds is 9. The zero-order valence-electron chi connectivity index (χ0n) is 19.8. The summed E-state index contributed by atoms with van der Waals surface area (Å²) >= 11 is 0. The summed E-state index contributed by atoms with van der Waals surface area (Å²) in [6.45, 7) is 13.5. The normalized spacial score (nSPS) is 19.1. The van der Waals surface area contributed by atoms with Crippen molar-refractivity contribution in [2.45, 2.75) is 26.2 Å². The van der Waals surface area contributed by atoms with E-state index in [2.05, 4.69) is 74.6 Å². The number of ether oxygens (including phenoxy) is 1. The van der Waals surface area contributed by atoms with Gasteiger partial charge in [-0.2, -0.15) is 0 Å². The first-order valence-electron chi connectivity index (χ1n) is 11.8. The molecule has 2 aromatic carbocycles. The van der Waals surface area contributed by atoms with Gasteiger partial charge in [0.05, 0.1) is 13.1 Å². The number of hydrogen-bond donors (Lipinski definition) is 3. The first-order chi connectivity index (χ1) is 15.4. The Morgan fingerprint density at radius 1 is 0.969 bits per heavy atom. The largest absolute Gasteiger partial charge is 0.492 e. The predicted octanol–water partition coefficient (Wildman–Crippen LogP) is 0.976. The Kier molecular flexibility index (Phi) is 8.89. The van der Waals surface area contributed by atoms with Gasteiger partial charge in [-0.1, -0.05) is 69.3 Å². The molecule has 172 valence electrons. The molecule has 2 aromatic rings. The highest BCUT2D eigenvalue weighted by molar-refractivity contribution is 5.76. The molecule has 5 nitrogen and oxygen atoms in total. The van der Waals surface area contributed by atoms with Gasteiger partial charge in [-0.25, -0.2) is 0 Å². The third-order valence-electron chi connectivity index (χ3n) is 6.00. The van der Waals surface area contributed by atoms with Crippen molar-refractivity contribution in [3.63, 3.8) is 0 Å². The lowest BCUT2D eigenvalue weighted by Gasteiger charge is -2.28. The zero-order chi connectivity index (χ0) is 22.8. The van der Waals surface area contributed by atoms with Gasteiger partial charge in [0.1, 0.15) is 38.5 Å². The van der Waals surface area contributed by atoms with Gasteiger partial charge in [0, 0.05) is 0 Å². The van der Waals surface area contributed by atoms with Crippen LogP contribution in [0, 0.1) is 0 Å². The molecular formula is C27H39N3O2+2. The van der Waals surface area contributed by atoms with E-state index >= 15 is 0 Å². The van der Waals surface area contributed by atoms with Gasteiger partial charge in [-0.05, 0) is 34.8 Å². The van der Waals surface area contributed by atoms with Gasteiger partial charge < -0.3 is 19.9 Å². The van der Waals surface area contributed by atoms with E-state index in [0.717, 1.165) is 38.5 Å². The third-order valence-corrected chi connectivity index (χ3v) is 6.00. The summed E-state index contributed by atoms with van der Waals surface area (Å²) < 4.78 is 5.77. The van der Waals surface area contributed by atoms with E-state index in [9.17, 15) is 4.79 Å².